The third-order valence-electron chi connectivity index (χ3n) is 6.07. The molecular formula is C26H40N4O5. The molecular weight excluding hydrogens is 448 g/mol. The quantitative estimate of drug-likeness (QED) is 0.219. The Labute approximate surface area is 207 Å². The number of fused-ring (bicyclic) bond motifs is 1. The molecule has 2 aromatic rings. The molecule has 1 fully saturated rings. The van der Waals surface area contributed by atoms with Gasteiger partial charge in [0.1, 0.15) is 30.1 Å². The second-order valence-corrected chi connectivity index (χ2v) is 8.84. The molecule has 3 rings (SSSR count). The first-order valence-electron chi connectivity index (χ1n) is 12.9. The predicted octanol–water partition coefficient (Wildman–Crippen LogP) is 4.17. The van der Waals surface area contributed by atoms with Crippen LogP contribution in [0.3, 0.4) is 0 Å². The van der Waals surface area contributed by atoms with Gasteiger partial charge in [-0.1, -0.05) is 40.0 Å². The SMILES string of the molecule is CCCCOC[C@H]1O[C@@H](c2cc3ccc(=O)[nH]c3nc2N=CN)[C@@H](OCCCC)C1OCCCC. The summed E-state index contributed by atoms with van der Waals surface area (Å²) in [5.41, 5.74) is 6.60. The smallest absolute Gasteiger partial charge is 0.249 e. The van der Waals surface area contributed by atoms with Crippen LogP contribution in [0, 0.1) is 0 Å². The maximum atomic E-state index is 11.8. The highest BCUT2D eigenvalue weighted by atomic mass is 16.6. The van der Waals surface area contributed by atoms with E-state index in [1.165, 1.54) is 12.4 Å². The summed E-state index contributed by atoms with van der Waals surface area (Å²) < 4.78 is 25.3. The lowest BCUT2D eigenvalue weighted by atomic mass is 10.00. The Morgan fingerprint density at radius 3 is 2.43 bits per heavy atom. The van der Waals surface area contributed by atoms with E-state index in [9.17, 15) is 4.79 Å². The van der Waals surface area contributed by atoms with Crippen molar-refractivity contribution in [3.05, 3.63) is 34.1 Å². The van der Waals surface area contributed by atoms with E-state index in [-0.39, 0.29) is 23.9 Å². The van der Waals surface area contributed by atoms with Crippen LogP contribution < -0.4 is 11.3 Å². The van der Waals surface area contributed by atoms with Gasteiger partial charge in [-0.3, -0.25) is 4.79 Å². The van der Waals surface area contributed by atoms with Crippen molar-refractivity contribution in [3.8, 4) is 0 Å². The number of aliphatic imine (C=N–C) groups is 1. The third-order valence-corrected chi connectivity index (χ3v) is 6.07. The van der Waals surface area contributed by atoms with Gasteiger partial charge in [0.15, 0.2) is 5.82 Å². The molecule has 194 valence electrons. The van der Waals surface area contributed by atoms with Gasteiger partial charge in [-0.25, -0.2) is 9.98 Å². The molecule has 1 unspecified atom stereocenters. The van der Waals surface area contributed by atoms with Crippen molar-refractivity contribution >= 4 is 23.2 Å². The Balaban J connectivity index is 1.98. The molecule has 9 nitrogen and oxygen atoms in total. The zero-order valence-electron chi connectivity index (χ0n) is 21.2. The van der Waals surface area contributed by atoms with Crippen molar-refractivity contribution in [1.29, 1.82) is 0 Å². The van der Waals surface area contributed by atoms with Crippen LogP contribution in [0.25, 0.3) is 11.0 Å². The van der Waals surface area contributed by atoms with Gasteiger partial charge in [0.05, 0.1) is 12.9 Å². The van der Waals surface area contributed by atoms with Gasteiger partial charge in [0, 0.05) is 36.8 Å². The van der Waals surface area contributed by atoms with Crippen LogP contribution in [0.1, 0.15) is 71.0 Å². The lowest BCUT2D eigenvalue weighted by molar-refractivity contribution is -0.0795. The number of aromatic amines is 1. The summed E-state index contributed by atoms with van der Waals surface area (Å²) in [6.45, 7) is 8.73. The van der Waals surface area contributed by atoms with E-state index in [2.05, 4.69) is 35.7 Å². The van der Waals surface area contributed by atoms with Gasteiger partial charge in [-0.15, -0.1) is 0 Å². The number of hydrogen-bond acceptors (Lipinski definition) is 7. The molecule has 2 aromatic heterocycles. The minimum absolute atomic E-state index is 0.230. The summed E-state index contributed by atoms with van der Waals surface area (Å²) >= 11 is 0. The monoisotopic (exact) mass is 488 g/mol. The molecule has 1 aliphatic heterocycles. The molecule has 0 saturated carbocycles. The van der Waals surface area contributed by atoms with E-state index < -0.39 is 6.10 Å². The van der Waals surface area contributed by atoms with Crippen molar-refractivity contribution in [2.75, 3.05) is 26.4 Å². The number of ether oxygens (including phenoxy) is 4. The van der Waals surface area contributed by atoms with Gasteiger partial charge in [-0.05, 0) is 31.4 Å². The van der Waals surface area contributed by atoms with Crippen molar-refractivity contribution < 1.29 is 18.9 Å². The Morgan fingerprint density at radius 1 is 1.06 bits per heavy atom. The Kier molecular flexibility index (Phi) is 11.1. The van der Waals surface area contributed by atoms with Crippen LogP contribution in [0.15, 0.2) is 28.0 Å². The topological polar surface area (TPSA) is 121 Å². The van der Waals surface area contributed by atoms with E-state index in [4.69, 9.17) is 24.7 Å². The minimum Gasteiger partial charge on any atom is -0.390 e. The molecule has 1 aliphatic rings. The Morgan fingerprint density at radius 2 is 1.74 bits per heavy atom. The molecule has 3 heterocycles. The van der Waals surface area contributed by atoms with E-state index in [1.807, 2.05) is 6.07 Å². The molecule has 4 atom stereocenters. The lowest BCUT2D eigenvalue weighted by Gasteiger charge is -2.25. The number of nitrogens with one attached hydrogen (secondary N) is 1. The van der Waals surface area contributed by atoms with Crippen LogP contribution in [-0.4, -0.2) is 61.0 Å². The average molecular weight is 489 g/mol. The van der Waals surface area contributed by atoms with Crippen LogP contribution >= 0.6 is 0 Å². The van der Waals surface area contributed by atoms with Crippen molar-refractivity contribution in [3.63, 3.8) is 0 Å². The van der Waals surface area contributed by atoms with Gasteiger partial charge >= 0.3 is 0 Å². The molecule has 9 heteroatoms. The van der Waals surface area contributed by atoms with Gasteiger partial charge < -0.3 is 29.7 Å². The number of rotatable bonds is 15. The first-order valence-corrected chi connectivity index (χ1v) is 12.9. The molecule has 0 aliphatic carbocycles. The minimum atomic E-state index is -0.471. The summed E-state index contributed by atoms with van der Waals surface area (Å²) in [4.78, 5) is 23.4. The van der Waals surface area contributed by atoms with E-state index in [1.54, 1.807) is 6.07 Å². The number of pyridine rings is 2. The van der Waals surface area contributed by atoms with E-state index in [0.29, 0.717) is 37.9 Å². The maximum absolute atomic E-state index is 11.8. The molecule has 0 aromatic carbocycles. The molecule has 0 bridgehead atoms. The van der Waals surface area contributed by atoms with Gasteiger partial charge in [0.2, 0.25) is 5.56 Å². The zero-order valence-corrected chi connectivity index (χ0v) is 21.2. The highest BCUT2D eigenvalue weighted by molar-refractivity contribution is 5.78. The van der Waals surface area contributed by atoms with Crippen LogP contribution in [0.5, 0.6) is 0 Å². The summed E-state index contributed by atoms with van der Waals surface area (Å²) in [7, 11) is 0. The van der Waals surface area contributed by atoms with Crippen LogP contribution in [0.4, 0.5) is 5.82 Å². The average Bonchev–Trinajstić information content (AvgIpc) is 3.19. The molecule has 35 heavy (non-hydrogen) atoms. The largest absolute Gasteiger partial charge is 0.390 e. The normalized spacial score (nSPS) is 22.5. The standard InChI is InChI=1S/C26H40N4O5/c1-4-7-12-32-16-20-23(33-13-8-5-2)24(34-14-9-6-3)22(35-20)19-15-18-10-11-21(31)29-25(18)30-26(19)28-17-27/h10-11,15,17,20,22-24H,4-9,12-14,16H2,1-3H3,(H3,27,28,29,30,31)/t20-,22+,23?,24-/m1/s1. The van der Waals surface area contributed by atoms with E-state index in [0.717, 1.165) is 49.5 Å². The first-order chi connectivity index (χ1) is 17.1. The molecule has 0 spiro atoms. The van der Waals surface area contributed by atoms with Crippen molar-refractivity contribution in [2.24, 2.45) is 10.7 Å². The second-order valence-electron chi connectivity index (χ2n) is 8.84. The highest BCUT2D eigenvalue weighted by Gasteiger charge is 2.48. The maximum Gasteiger partial charge on any atom is 0.249 e. The summed E-state index contributed by atoms with van der Waals surface area (Å²) in [6, 6.07) is 5.15. The number of aromatic nitrogens is 2. The number of unbranched alkanes of at least 4 members (excludes halogenated alkanes) is 3. The van der Waals surface area contributed by atoms with Crippen LogP contribution in [0.2, 0.25) is 0 Å². The number of H-pyrrole nitrogens is 1. The second kappa shape index (κ2) is 14.3. The molecule has 0 amide bonds. The van der Waals surface area contributed by atoms with Crippen LogP contribution in [-0.2, 0) is 18.9 Å². The summed E-state index contributed by atoms with van der Waals surface area (Å²) in [5.74, 6) is 0.385. The number of nitrogens with zero attached hydrogens (tertiary/aromatic N) is 2. The fourth-order valence-electron chi connectivity index (χ4n) is 4.14. The Hall–Kier alpha value is -2.33. The fourth-order valence-corrected chi connectivity index (χ4v) is 4.14. The number of hydrogen-bond donors (Lipinski definition) is 2. The molecule has 1 saturated heterocycles. The highest BCUT2D eigenvalue weighted by Crippen LogP contribution is 2.41. The summed E-state index contributed by atoms with van der Waals surface area (Å²) in [6.07, 6.45) is 5.82. The van der Waals surface area contributed by atoms with Gasteiger partial charge in [-0.2, -0.15) is 0 Å². The summed E-state index contributed by atoms with van der Waals surface area (Å²) in [5, 5.41) is 0.776. The van der Waals surface area contributed by atoms with Crippen molar-refractivity contribution in [2.45, 2.75) is 83.7 Å². The predicted molar refractivity (Wildman–Crippen MR) is 137 cm³/mol. The molecule has 3 N–H and O–H groups in total. The molecule has 0 radical (unpaired) electrons. The fraction of sp³-hybridized carbons (Fsp3) is 0.654. The first kappa shape index (κ1) is 27.3. The lowest BCUT2D eigenvalue weighted by Crippen LogP contribution is -2.38. The van der Waals surface area contributed by atoms with Crippen molar-refractivity contribution in [1.82, 2.24) is 9.97 Å². The number of nitrogens with two attached hydrogens (primary N) is 1. The zero-order chi connectivity index (χ0) is 25.0. The van der Waals surface area contributed by atoms with E-state index >= 15 is 0 Å². The third kappa shape index (κ3) is 7.33. The Bertz CT molecular complexity index is 995. The van der Waals surface area contributed by atoms with Gasteiger partial charge in [0.25, 0.3) is 0 Å².